The molecule has 0 radical (unpaired) electrons. The second kappa shape index (κ2) is 6.12. The Kier molecular flexibility index (Phi) is 5.31. The van der Waals surface area contributed by atoms with Crippen LogP contribution in [0.1, 0.15) is 76.0 Å². The molecule has 1 nitrogen and oxygen atoms in total. The molecule has 0 spiro atoms. The van der Waals surface area contributed by atoms with Crippen LogP contribution in [0.2, 0.25) is 5.82 Å². The van der Waals surface area contributed by atoms with E-state index in [2.05, 4.69) is 53.7 Å². The Labute approximate surface area is 116 Å². The molecule has 1 aromatic rings. The van der Waals surface area contributed by atoms with Gasteiger partial charge < -0.3 is 0 Å². The molecule has 0 aliphatic carbocycles. The Morgan fingerprint density at radius 2 is 1.22 bits per heavy atom. The van der Waals surface area contributed by atoms with Crippen LogP contribution in [0.5, 0.6) is 0 Å². The Balaban J connectivity index is 3.60. The zero-order valence-electron chi connectivity index (χ0n) is 12.7. The summed E-state index contributed by atoms with van der Waals surface area (Å²) in [7, 11) is 0. The van der Waals surface area contributed by atoms with Crippen LogP contribution in [0, 0.1) is 0 Å². The van der Waals surface area contributed by atoms with E-state index in [0.29, 0.717) is 17.8 Å². The molecule has 1 atom stereocenters. The summed E-state index contributed by atoms with van der Waals surface area (Å²) in [6.07, 6.45) is 0. The van der Waals surface area contributed by atoms with Crippen molar-refractivity contribution < 1.29 is 3.83 Å². The zero-order valence-corrected chi connectivity index (χ0v) is 14.4. The van der Waals surface area contributed by atoms with Gasteiger partial charge in [0.25, 0.3) is 0 Å². The molecule has 2 heteroatoms. The first kappa shape index (κ1) is 15.6. The molecular formula is C16H26OSe. The number of rotatable bonds is 4. The molecule has 1 aromatic carbocycles. The molecule has 0 saturated heterocycles. The van der Waals surface area contributed by atoms with E-state index >= 15 is 0 Å². The average Bonchev–Trinajstić information content (AvgIpc) is 2.26. The average molecular weight is 313 g/mol. The van der Waals surface area contributed by atoms with Gasteiger partial charge in [0.05, 0.1) is 0 Å². The van der Waals surface area contributed by atoms with Crippen molar-refractivity contribution in [3.05, 3.63) is 28.8 Å². The molecule has 0 amide bonds. The van der Waals surface area contributed by atoms with Gasteiger partial charge in [-0.25, -0.2) is 0 Å². The van der Waals surface area contributed by atoms with Crippen molar-refractivity contribution in [2.24, 2.45) is 0 Å². The molecule has 0 aliphatic heterocycles. The van der Waals surface area contributed by atoms with Crippen molar-refractivity contribution in [3.8, 4) is 0 Å². The molecule has 102 valence electrons. The summed E-state index contributed by atoms with van der Waals surface area (Å²) in [6, 6.07) is 4.54. The zero-order chi connectivity index (χ0) is 14.0. The minimum atomic E-state index is -1.88. The van der Waals surface area contributed by atoms with Gasteiger partial charge in [0.15, 0.2) is 0 Å². The molecular weight excluding hydrogens is 287 g/mol. The predicted octanol–water partition coefficient (Wildman–Crippen LogP) is 4.32. The van der Waals surface area contributed by atoms with Crippen LogP contribution in [-0.4, -0.2) is 13.8 Å². The summed E-state index contributed by atoms with van der Waals surface area (Å²) in [6.45, 7) is 13.2. The van der Waals surface area contributed by atoms with Crippen LogP contribution >= 0.6 is 0 Å². The molecule has 0 N–H and O–H groups in total. The van der Waals surface area contributed by atoms with Crippen LogP contribution in [-0.2, 0) is 3.83 Å². The number of hydrogen-bond donors (Lipinski definition) is 0. The van der Waals surface area contributed by atoms with Crippen molar-refractivity contribution in [1.29, 1.82) is 0 Å². The van der Waals surface area contributed by atoms with Crippen molar-refractivity contribution in [2.75, 3.05) is 0 Å². The monoisotopic (exact) mass is 314 g/mol. The molecule has 0 heterocycles. The normalized spacial score (nSPS) is 13.7. The summed E-state index contributed by atoms with van der Waals surface area (Å²) < 4.78 is 13.3. The summed E-state index contributed by atoms with van der Waals surface area (Å²) in [5.41, 5.74) is 3.97. The summed E-state index contributed by atoms with van der Waals surface area (Å²) in [4.78, 5) is 0. The fourth-order valence-electron chi connectivity index (χ4n) is 2.22. The third kappa shape index (κ3) is 3.30. The fourth-order valence-corrected chi connectivity index (χ4v) is 4.85. The van der Waals surface area contributed by atoms with Crippen LogP contribution in [0.15, 0.2) is 12.1 Å². The number of hydrogen-bond acceptors (Lipinski definition) is 1. The third-order valence-electron chi connectivity index (χ3n) is 3.37. The van der Waals surface area contributed by atoms with Crippen molar-refractivity contribution in [1.82, 2.24) is 0 Å². The minimum absolute atomic E-state index is 0.441. The maximum absolute atomic E-state index is 12.2. The van der Waals surface area contributed by atoms with Crippen LogP contribution in [0.3, 0.4) is 0 Å². The SMILES string of the molecule is CC(C)c1cc(C(C)C)c([Se](C)=O)c(C(C)C)c1. The van der Waals surface area contributed by atoms with Gasteiger partial charge in [-0.3, -0.25) is 0 Å². The van der Waals surface area contributed by atoms with Gasteiger partial charge in [0.1, 0.15) is 0 Å². The van der Waals surface area contributed by atoms with Gasteiger partial charge in [0.2, 0.25) is 0 Å². The van der Waals surface area contributed by atoms with E-state index in [-0.39, 0.29) is 0 Å². The van der Waals surface area contributed by atoms with E-state index in [0.717, 1.165) is 4.46 Å². The van der Waals surface area contributed by atoms with Gasteiger partial charge in [-0.05, 0) is 0 Å². The van der Waals surface area contributed by atoms with E-state index in [1.165, 1.54) is 16.7 Å². The van der Waals surface area contributed by atoms with Gasteiger partial charge >= 0.3 is 116 Å². The summed E-state index contributed by atoms with van der Waals surface area (Å²) in [5.74, 6) is 3.30. The summed E-state index contributed by atoms with van der Waals surface area (Å²) >= 11 is -1.88. The van der Waals surface area contributed by atoms with E-state index in [4.69, 9.17) is 0 Å². The van der Waals surface area contributed by atoms with Crippen molar-refractivity contribution in [2.45, 2.75) is 65.1 Å². The second-order valence-electron chi connectivity index (χ2n) is 5.95. The Morgan fingerprint density at radius 1 is 0.833 bits per heavy atom. The van der Waals surface area contributed by atoms with E-state index < -0.39 is 13.8 Å². The van der Waals surface area contributed by atoms with Gasteiger partial charge in [-0.15, -0.1) is 0 Å². The quantitative estimate of drug-likeness (QED) is 0.757. The van der Waals surface area contributed by atoms with Crippen molar-refractivity contribution >= 4 is 18.3 Å². The molecule has 0 bridgehead atoms. The Bertz CT molecular complexity index is 415. The van der Waals surface area contributed by atoms with Crippen molar-refractivity contribution in [3.63, 3.8) is 0 Å². The molecule has 1 unspecified atom stereocenters. The molecule has 0 saturated carbocycles. The molecule has 18 heavy (non-hydrogen) atoms. The van der Waals surface area contributed by atoms with Gasteiger partial charge in [-0.1, -0.05) is 0 Å². The first-order valence-corrected chi connectivity index (χ1v) is 10.0. The molecule has 0 aliphatic rings. The van der Waals surface area contributed by atoms with Gasteiger partial charge in [0, 0.05) is 0 Å². The number of benzene rings is 1. The third-order valence-corrected chi connectivity index (χ3v) is 5.56. The standard InChI is InChI=1S/C16H26OSe/c1-10(2)13-8-14(11(3)4)16(18(7)17)15(9-13)12(5)6/h8-12H,1-7H3. The van der Waals surface area contributed by atoms with Crippen LogP contribution in [0.25, 0.3) is 0 Å². The molecule has 1 rings (SSSR count). The van der Waals surface area contributed by atoms with E-state index in [1.807, 2.05) is 5.82 Å². The first-order valence-electron chi connectivity index (χ1n) is 6.76. The fraction of sp³-hybridized carbons (Fsp3) is 0.625. The van der Waals surface area contributed by atoms with Crippen LogP contribution < -0.4 is 4.46 Å². The topological polar surface area (TPSA) is 17.1 Å². The Hall–Kier alpha value is -0.461. The van der Waals surface area contributed by atoms with Crippen LogP contribution in [0.4, 0.5) is 0 Å². The maximum atomic E-state index is 12.2. The van der Waals surface area contributed by atoms with E-state index in [9.17, 15) is 3.83 Å². The van der Waals surface area contributed by atoms with Gasteiger partial charge in [-0.2, -0.15) is 0 Å². The summed E-state index contributed by atoms with van der Waals surface area (Å²) in [5, 5.41) is 0. The second-order valence-corrected chi connectivity index (χ2v) is 8.71. The Morgan fingerprint density at radius 3 is 1.44 bits per heavy atom. The molecule has 0 aromatic heterocycles. The molecule has 0 fully saturated rings. The predicted molar refractivity (Wildman–Crippen MR) is 80.6 cm³/mol. The first-order chi connectivity index (χ1) is 8.25. The van der Waals surface area contributed by atoms with E-state index in [1.54, 1.807) is 0 Å².